The van der Waals surface area contributed by atoms with Crippen LogP contribution >= 0.6 is 12.2 Å². The molecule has 0 aliphatic heterocycles. The van der Waals surface area contributed by atoms with Crippen molar-refractivity contribution in [2.45, 2.75) is 44.0 Å². The van der Waals surface area contributed by atoms with Gasteiger partial charge < -0.3 is 5.73 Å². The minimum Gasteiger partial charge on any atom is -0.389 e. The summed E-state index contributed by atoms with van der Waals surface area (Å²) in [5.41, 5.74) is 5.20. The van der Waals surface area contributed by atoms with Gasteiger partial charge in [0.05, 0.1) is 10.5 Å². The lowest BCUT2D eigenvalue weighted by Crippen LogP contribution is -2.35. The maximum atomic E-state index is 13.7. The normalized spacial score (nSPS) is 13.2. The van der Waals surface area contributed by atoms with Crippen LogP contribution in [0.3, 0.4) is 0 Å². The Morgan fingerprint density at radius 2 is 2.10 bits per heavy atom. The van der Waals surface area contributed by atoms with Crippen LogP contribution in [-0.2, 0) is 10.0 Å². The van der Waals surface area contributed by atoms with Crippen molar-refractivity contribution in [1.82, 2.24) is 4.72 Å². The summed E-state index contributed by atoms with van der Waals surface area (Å²) in [6.45, 7) is 3.86. The first kappa shape index (κ1) is 17.0. The van der Waals surface area contributed by atoms with Gasteiger partial charge in [0, 0.05) is 6.04 Å². The number of nitrogens with one attached hydrogen (secondary N) is 1. The van der Waals surface area contributed by atoms with Gasteiger partial charge in [-0.3, -0.25) is 0 Å². The van der Waals surface area contributed by atoms with E-state index >= 15 is 0 Å². The number of rotatable bonds is 7. The van der Waals surface area contributed by atoms with E-state index in [1.54, 1.807) is 0 Å². The molecule has 0 radical (unpaired) electrons. The number of hydrogen-bond donors (Lipinski definition) is 2. The van der Waals surface area contributed by atoms with Crippen LogP contribution in [0.4, 0.5) is 4.39 Å². The number of thiocarbonyl (C=S) groups is 1. The fourth-order valence-corrected chi connectivity index (χ4v) is 3.80. The van der Waals surface area contributed by atoms with Crippen molar-refractivity contribution in [2.75, 3.05) is 0 Å². The molecule has 1 atom stereocenters. The smallest absolute Gasteiger partial charge is 0.241 e. The molecular formula is C13H19FN2O2S2. The molecule has 0 aliphatic carbocycles. The van der Waals surface area contributed by atoms with Crippen LogP contribution in [0.1, 0.15) is 38.7 Å². The summed E-state index contributed by atoms with van der Waals surface area (Å²) in [4.78, 5) is -0.480. The molecule has 0 fully saturated rings. The van der Waals surface area contributed by atoms with E-state index in [1.165, 1.54) is 12.1 Å². The largest absolute Gasteiger partial charge is 0.389 e. The highest BCUT2D eigenvalue weighted by Gasteiger charge is 2.24. The summed E-state index contributed by atoms with van der Waals surface area (Å²) in [7, 11) is -3.85. The Morgan fingerprint density at radius 1 is 1.45 bits per heavy atom. The number of benzene rings is 1. The monoisotopic (exact) mass is 318 g/mol. The Bertz CT molecular complexity index is 588. The molecule has 20 heavy (non-hydrogen) atoms. The molecule has 0 spiro atoms. The second-order valence-corrected chi connectivity index (χ2v) is 6.61. The molecule has 112 valence electrons. The molecule has 1 aromatic rings. The van der Waals surface area contributed by atoms with Crippen molar-refractivity contribution >= 4 is 27.2 Å². The van der Waals surface area contributed by atoms with Gasteiger partial charge in [-0.2, -0.15) is 0 Å². The molecule has 0 heterocycles. The summed E-state index contributed by atoms with van der Waals surface area (Å²) < 4.78 is 41.0. The molecule has 7 heteroatoms. The summed E-state index contributed by atoms with van der Waals surface area (Å²) in [6.07, 6.45) is 2.23. The Kier molecular flexibility index (Phi) is 6.04. The van der Waals surface area contributed by atoms with Crippen molar-refractivity contribution in [3.63, 3.8) is 0 Å². The molecule has 0 saturated carbocycles. The van der Waals surface area contributed by atoms with Crippen LogP contribution in [0, 0.1) is 5.82 Å². The lowest BCUT2D eigenvalue weighted by molar-refractivity contribution is 0.511. The van der Waals surface area contributed by atoms with E-state index in [1.807, 2.05) is 13.8 Å². The summed E-state index contributed by atoms with van der Waals surface area (Å²) in [6, 6.07) is 3.58. The average molecular weight is 318 g/mol. The zero-order chi connectivity index (χ0) is 15.3. The van der Waals surface area contributed by atoms with E-state index < -0.39 is 15.8 Å². The van der Waals surface area contributed by atoms with Crippen molar-refractivity contribution in [3.05, 3.63) is 29.6 Å². The Labute approximate surface area is 124 Å². The Morgan fingerprint density at radius 3 is 2.60 bits per heavy atom. The minimum atomic E-state index is -3.85. The first-order chi connectivity index (χ1) is 9.33. The van der Waals surface area contributed by atoms with Gasteiger partial charge in [-0.25, -0.2) is 17.5 Å². The van der Waals surface area contributed by atoms with Crippen molar-refractivity contribution in [1.29, 1.82) is 0 Å². The third-order valence-corrected chi connectivity index (χ3v) is 4.73. The zero-order valence-electron chi connectivity index (χ0n) is 11.5. The standard InChI is InChI=1S/C13H19FN2O2S2/c1-3-6-9(4-2)16-20(17,18)11-8-5-7-10(14)12(11)13(15)19/h5,7-9,16H,3-4,6H2,1-2H3,(H2,15,19). The van der Waals surface area contributed by atoms with E-state index in [2.05, 4.69) is 4.72 Å². The van der Waals surface area contributed by atoms with Crippen LogP contribution in [0.5, 0.6) is 0 Å². The molecule has 4 nitrogen and oxygen atoms in total. The average Bonchev–Trinajstić information content (AvgIpc) is 2.37. The van der Waals surface area contributed by atoms with Crippen molar-refractivity contribution < 1.29 is 12.8 Å². The van der Waals surface area contributed by atoms with E-state index in [-0.39, 0.29) is 21.5 Å². The molecule has 1 unspecified atom stereocenters. The van der Waals surface area contributed by atoms with E-state index in [0.717, 1.165) is 12.5 Å². The molecule has 0 aromatic heterocycles. The third kappa shape index (κ3) is 3.97. The van der Waals surface area contributed by atoms with Crippen LogP contribution in [-0.4, -0.2) is 19.4 Å². The minimum absolute atomic E-state index is 0.188. The van der Waals surface area contributed by atoms with Crippen LogP contribution < -0.4 is 10.5 Å². The van der Waals surface area contributed by atoms with Gasteiger partial charge in [0.2, 0.25) is 10.0 Å². The highest BCUT2D eigenvalue weighted by atomic mass is 32.2. The second kappa shape index (κ2) is 7.10. The van der Waals surface area contributed by atoms with Gasteiger partial charge in [0.1, 0.15) is 10.8 Å². The van der Waals surface area contributed by atoms with Gasteiger partial charge in [0.25, 0.3) is 0 Å². The van der Waals surface area contributed by atoms with Crippen LogP contribution in [0.25, 0.3) is 0 Å². The summed E-state index contributed by atoms with van der Waals surface area (Å²) in [5.74, 6) is -0.732. The highest BCUT2D eigenvalue weighted by molar-refractivity contribution is 7.89. The summed E-state index contributed by atoms with van der Waals surface area (Å²) in [5, 5.41) is 0. The topological polar surface area (TPSA) is 72.2 Å². The van der Waals surface area contributed by atoms with Crippen LogP contribution in [0.2, 0.25) is 0 Å². The molecular weight excluding hydrogens is 299 g/mol. The number of sulfonamides is 1. The Balaban J connectivity index is 3.22. The van der Waals surface area contributed by atoms with E-state index in [0.29, 0.717) is 12.8 Å². The first-order valence-corrected chi connectivity index (χ1v) is 8.33. The maximum Gasteiger partial charge on any atom is 0.241 e. The van der Waals surface area contributed by atoms with Crippen LogP contribution in [0.15, 0.2) is 23.1 Å². The fourth-order valence-electron chi connectivity index (χ4n) is 1.95. The van der Waals surface area contributed by atoms with Gasteiger partial charge in [0.15, 0.2) is 0 Å². The van der Waals surface area contributed by atoms with E-state index in [4.69, 9.17) is 18.0 Å². The van der Waals surface area contributed by atoms with Crippen molar-refractivity contribution in [2.24, 2.45) is 5.73 Å². The molecule has 0 bridgehead atoms. The maximum absolute atomic E-state index is 13.7. The molecule has 0 saturated heterocycles. The predicted octanol–water partition coefficient (Wildman–Crippen LogP) is 2.32. The summed E-state index contributed by atoms with van der Waals surface area (Å²) >= 11 is 4.74. The molecule has 1 rings (SSSR count). The molecule has 0 aliphatic rings. The van der Waals surface area contributed by atoms with Gasteiger partial charge in [-0.05, 0) is 25.0 Å². The SMILES string of the molecule is CCCC(CC)NS(=O)(=O)c1cccc(F)c1C(N)=S. The highest BCUT2D eigenvalue weighted by Crippen LogP contribution is 2.20. The molecule has 0 amide bonds. The van der Waals surface area contributed by atoms with Crippen molar-refractivity contribution in [3.8, 4) is 0 Å². The number of halogens is 1. The van der Waals surface area contributed by atoms with Gasteiger partial charge in [-0.15, -0.1) is 0 Å². The lowest BCUT2D eigenvalue weighted by atomic mass is 10.1. The Hall–Kier alpha value is -1.05. The first-order valence-electron chi connectivity index (χ1n) is 6.44. The van der Waals surface area contributed by atoms with Gasteiger partial charge >= 0.3 is 0 Å². The predicted molar refractivity (Wildman–Crippen MR) is 81.6 cm³/mol. The number of nitrogens with two attached hydrogens (primary N) is 1. The van der Waals surface area contributed by atoms with Gasteiger partial charge in [-0.1, -0.05) is 38.6 Å². The lowest BCUT2D eigenvalue weighted by Gasteiger charge is -2.18. The zero-order valence-corrected chi connectivity index (χ0v) is 13.2. The number of hydrogen-bond acceptors (Lipinski definition) is 3. The third-order valence-electron chi connectivity index (χ3n) is 2.96. The van der Waals surface area contributed by atoms with E-state index in [9.17, 15) is 12.8 Å². The fraction of sp³-hybridized carbons (Fsp3) is 0.462. The molecule has 1 aromatic carbocycles. The molecule has 3 N–H and O–H groups in total. The quantitative estimate of drug-likeness (QED) is 0.757. The second-order valence-electron chi connectivity index (χ2n) is 4.49.